The maximum atomic E-state index is 6.12. The van der Waals surface area contributed by atoms with Crippen LogP contribution in [0.2, 0.25) is 5.02 Å². The summed E-state index contributed by atoms with van der Waals surface area (Å²) in [5.41, 5.74) is 4.36. The molecule has 0 saturated heterocycles. The minimum atomic E-state index is 0.709. The Morgan fingerprint density at radius 3 is 2.80 bits per heavy atom. The lowest BCUT2D eigenvalue weighted by atomic mass is 10.1. The molecule has 0 aliphatic rings. The Hall–Kier alpha value is -1.84. The maximum absolute atomic E-state index is 6.12. The first kappa shape index (κ1) is 13.2. The van der Waals surface area contributed by atoms with Crippen LogP contribution in [0.5, 0.6) is 0 Å². The van der Waals surface area contributed by atoms with Crippen molar-refractivity contribution in [1.29, 1.82) is 0 Å². The second-order valence-electron chi connectivity index (χ2n) is 4.89. The van der Waals surface area contributed by atoms with E-state index in [4.69, 9.17) is 11.6 Å². The van der Waals surface area contributed by atoms with Crippen molar-refractivity contribution >= 4 is 22.6 Å². The Morgan fingerprint density at radius 2 is 2.00 bits per heavy atom. The van der Waals surface area contributed by atoms with Gasteiger partial charge in [-0.2, -0.15) is 0 Å². The lowest BCUT2D eigenvalue weighted by molar-refractivity contribution is 0.670. The molecule has 1 aromatic heterocycles. The first-order chi connectivity index (χ1) is 9.72. The van der Waals surface area contributed by atoms with Gasteiger partial charge in [-0.3, -0.25) is 0 Å². The van der Waals surface area contributed by atoms with Gasteiger partial charge in [-0.15, -0.1) is 0 Å². The van der Waals surface area contributed by atoms with Crippen LogP contribution < -0.4 is 5.32 Å². The maximum Gasteiger partial charge on any atom is 0.121 e. The standard InChI is InChI=1S/C16H16ClN3/c1-11-6-7-12(8-13(11)17)9-18-10-16-19-14-4-2-3-5-15(14)20-16/h2-8,18H,9-10H2,1H3,(H,19,20). The Balaban J connectivity index is 1.63. The van der Waals surface area contributed by atoms with E-state index in [2.05, 4.69) is 21.4 Å². The molecule has 0 fully saturated rings. The van der Waals surface area contributed by atoms with Crippen molar-refractivity contribution < 1.29 is 0 Å². The molecule has 0 spiro atoms. The largest absolute Gasteiger partial charge is 0.341 e. The van der Waals surface area contributed by atoms with Gasteiger partial charge in [0.2, 0.25) is 0 Å². The van der Waals surface area contributed by atoms with E-state index >= 15 is 0 Å². The van der Waals surface area contributed by atoms with Crippen LogP contribution in [-0.2, 0) is 13.1 Å². The molecule has 3 nitrogen and oxygen atoms in total. The summed E-state index contributed by atoms with van der Waals surface area (Å²) in [6.45, 7) is 3.49. The van der Waals surface area contributed by atoms with Crippen LogP contribution in [0.25, 0.3) is 11.0 Å². The van der Waals surface area contributed by atoms with E-state index in [1.54, 1.807) is 0 Å². The number of aromatic nitrogens is 2. The van der Waals surface area contributed by atoms with E-state index in [1.165, 1.54) is 5.56 Å². The lowest BCUT2D eigenvalue weighted by Gasteiger charge is -2.05. The number of hydrogen-bond acceptors (Lipinski definition) is 2. The minimum Gasteiger partial charge on any atom is -0.341 e. The number of para-hydroxylation sites is 2. The van der Waals surface area contributed by atoms with Crippen LogP contribution in [0, 0.1) is 6.92 Å². The molecule has 1 heterocycles. The van der Waals surface area contributed by atoms with Crippen LogP contribution >= 0.6 is 11.6 Å². The van der Waals surface area contributed by atoms with Gasteiger partial charge in [-0.05, 0) is 36.2 Å². The van der Waals surface area contributed by atoms with Gasteiger partial charge < -0.3 is 10.3 Å². The molecular weight excluding hydrogens is 270 g/mol. The molecule has 2 aromatic carbocycles. The summed E-state index contributed by atoms with van der Waals surface area (Å²) < 4.78 is 0. The molecule has 0 bridgehead atoms. The molecule has 3 aromatic rings. The first-order valence-corrected chi connectivity index (χ1v) is 6.99. The van der Waals surface area contributed by atoms with Crippen molar-refractivity contribution in [3.05, 3.63) is 64.4 Å². The fourth-order valence-electron chi connectivity index (χ4n) is 2.16. The lowest BCUT2D eigenvalue weighted by Crippen LogP contribution is -2.13. The number of aromatic amines is 1. The monoisotopic (exact) mass is 285 g/mol. The number of nitrogens with zero attached hydrogens (tertiary/aromatic N) is 1. The Kier molecular flexibility index (Phi) is 3.72. The topological polar surface area (TPSA) is 40.7 Å². The Labute approximate surface area is 123 Å². The van der Waals surface area contributed by atoms with Crippen molar-refractivity contribution in [1.82, 2.24) is 15.3 Å². The zero-order chi connectivity index (χ0) is 13.9. The average Bonchev–Trinajstić information content (AvgIpc) is 2.85. The SMILES string of the molecule is Cc1ccc(CNCc2nc3ccccc3[nH]2)cc1Cl. The van der Waals surface area contributed by atoms with E-state index < -0.39 is 0 Å². The predicted molar refractivity (Wildman–Crippen MR) is 82.8 cm³/mol. The molecule has 4 heteroatoms. The normalized spacial score (nSPS) is 11.1. The second kappa shape index (κ2) is 5.65. The third-order valence-corrected chi connectivity index (χ3v) is 3.70. The number of H-pyrrole nitrogens is 1. The molecule has 0 saturated carbocycles. The van der Waals surface area contributed by atoms with Crippen molar-refractivity contribution in [2.24, 2.45) is 0 Å². The number of rotatable bonds is 4. The van der Waals surface area contributed by atoms with Gasteiger partial charge in [0.15, 0.2) is 0 Å². The van der Waals surface area contributed by atoms with Crippen LogP contribution in [0.4, 0.5) is 0 Å². The second-order valence-corrected chi connectivity index (χ2v) is 5.29. The fraction of sp³-hybridized carbons (Fsp3) is 0.188. The third kappa shape index (κ3) is 2.84. The molecule has 20 heavy (non-hydrogen) atoms. The highest BCUT2D eigenvalue weighted by atomic mass is 35.5. The van der Waals surface area contributed by atoms with Gasteiger partial charge in [-0.1, -0.05) is 35.9 Å². The Morgan fingerprint density at radius 1 is 1.15 bits per heavy atom. The molecule has 0 atom stereocenters. The summed E-state index contributed by atoms with van der Waals surface area (Å²) in [7, 11) is 0. The van der Waals surface area contributed by atoms with E-state index in [0.717, 1.165) is 34.0 Å². The molecule has 0 amide bonds. The zero-order valence-corrected chi connectivity index (χ0v) is 12.0. The average molecular weight is 286 g/mol. The number of imidazole rings is 1. The van der Waals surface area contributed by atoms with Gasteiger partial charge in [0.05, 0.1) is 17.6 Å². The van der Waals surface area contributed by atoms with Gasteiger partial charge in [0, 0.05) is 11.6 Å². The van der Waals surface area contributed by atoms with Crippen molar-refractivity contribution in [3.8, 4) is 0 Å². The molecule has 0 aliphatic carbocycles. The number of benzene rings is 2. The van der Waals surface area contributed by atoms with Crippen LogP contribution in [0.3, 0.4) is 0 Å². The summed E-state index contributed by atoms with van der Waals surface area (Å²) in [6.07, 6.45) is 0. The number of nitrogens with one attached hydrogen (secondary N) is 2. The molecular formula is C16H16ClN3. The fourth-order valence-corrected chi connectivity index (χ4v) is 2.36. The number of hydrogen-bond donors (Lipinski definition) is 2. The van der Waals surface area contributed by atoms with Crippen molar-refractivity contribution in [2.45, 2.75) is 20.0 Å². The number of aryl methyl sites for hydroxylation is 1. The van der Waals surface area contributed by atoms with Gasteiger partial charge in [0.25, 0.3) is 0 Å². The van der Waals surface area contributed by atoms with Crippen LogP contribution in [-0.4, -0.2) is 9.97 Å². The quantitative estimate of drug-likeness (QED) is 0.765. The van der Waals surface area contributed by atoms with Gasteiger partial charge >= 0.3 is 0 Å². The summed E-state index contributed by atoms with van der Waals surface area (Å²) >= 11 is 6.12. The highest BCUT2D eigenvalue weighted by molar-refractivity contribution is 6.31. The van der Waals surface area contributed by atoms with E-state index in [1.807, 2.05) is 43.3 Å². The minimum absolute atomic E-state index is 0.709. The van der Waals surface area contributed by atoms with E-state index in [9.17, 15) is 0 Å². The highest BCUT2D eigenvalue weighted by Gasteiger charge is 2.02. The smallest absolute Gasteiger partial charge is 0.121 e. The highest BCUT2D eigenvalue weighted by Crippen LogP contribution is 2.16. The van der Waals surface area contributed by atoms with E-state index in [0.29, 0.717) is 6.54 Å². The third-order valence-electron chi connectivity index (χ3n) is 3.30. The summed E-state index contributed by atoms with van der Waals surface area (Å²) in [4.78, 5) is 7.83. The number of halogens is 1. The number of fused-ring (bicyclic) bond motifs is 1. The van der Waals surface area contributed by atoms with Gasteiger partial charge in [-0.25, -0.2) is 4.98 Å². The Bertz CT molecular complexity index is 700. The zero-order valence-electron chi connectivity index (χ0n) is 11.3. The summed E-state index contributed by atoms with van der Waals surface area (Å²) in [5, 5.41) is 4.19. The summed E-state index contributed by atoms with van der Waals surface area (Å²) in [6, 6.07) is 14.2. The molecule has 0 aliphatic heterocycles. The van der Waals surface area contributed by atoms with Gasteiger partial charge in [0.1, 0.15) is 5.82 Å². The molecule has 102 valence electrons. The van der Waals surface area contributed by atoms with E-state index in [-0.39, 0.29) is 0 Å². The van der Waals surface area contributed by atoms with Crippen LogP contribution in [0.15, 0.2) is 42.5 Å². The molecule has 0 unspecified atom stereocenters. The summed E-state index contributed by atoms with van der Waals surface area (Å²) in [5.74, 6) is 0.949. The molecule has 2 N–H and O–H groups in total. The predicted octanol–water partition coefficient (Wildman–Crippen LogP) is 3.81. The van der Waals surface area contributed by atoms with Crippen LogP contribution in [0.1, 0.15) is 17.0 Å². The first-order valence-electron chi connectivity index (χ1n) is 6.62. The molecule has 3 rings (SSSR count). The van der Waals surface area contributed by atoms with Crippen molar-refractivity contribution in [3.63, 3.8) is 0 Å². The molecule has 0 radical (unpaired) electrons. The van der Waals surface area contributed by atoms with Crippen molar-refractivity contribution in [2.75, 3.05) is 0 Å².